The van der Waals surface area contributed by atoms with Gasteiger partial charge < -0.3 is 19.9 Å². The van der Waals surface area contributed by atoms with Crippen LogP contribution in [0.15, 0.2) is 12.1 Å². The number of carbonyl (C=O) groups is 1. The molecule has 1 aromatic heterocycles. The van der Waals surface area contributed by atoms with Gasteiger partial charge in [0, 0.05) is 23.6 Å². The van der Waals surface area contributed by atoms with E-state index in [1.807, 2.05) is 6.92 Å². The second-order valence-electron chi connectivity index (χ2n) is 5.19. The van der Waals surface area contributed by atoms with E-state index in [0.717, 1.165) is 16.8 Å². The molecule has 7 heteroatoms. The number of carbonyl (C=O) groups excluding carboxylic acids is 1. The van der Waals surface area contributed by atoms with Crippen LogP contribution in [-0.2, 0) is 4.79 Å². The van der Waals surface area contributed by atoms with E-state index in [9.17, 15) is 9.90 Å². The van der Waals surface area contributed by atoms with Crippen molar-refractivity contribution in [2.24, 2.45) is 0 Å². The number of H-pyrrole nitrogens is 1. The highest BCUT2D eigenvalue weighted by Gasteiger charge is 2.31. The van der Waals surface area contributed by atoms with Crippen molar-refractivity contribution in [2.75, 3.05) is 19.5 Å². The van der Waals surface area contributed by atoms with Crippen LogP contribution < -0.4 is 14.8 Å². The zero-order valence-corrected chi connectivity index (χ0v) is 12.6. The largest absolute Gasteiger partial charge is 0.502 e. The lowest BCUT2D eigenvalue weighted by Gasteiger charge is -2.24. The second-order valence-corrected chi connectivity index (χ2v) is 5.19. The number of aromatic hydroxyl groups is 1. The summed E-state index contributed by atoms with van der Waals surface area (Å²) in [5.74, 6) is 0.829. The molecule has 1 aromatic carbocycles. The Balaban J connectivity index is 2.15. The molecule has 3 rings (SSSR count). The van der Waals surface area contributed by atoms with Crippen molar-refractivity contribution in [1.29, 1.82) is 0 Å². The van der Waals surface area contributed by atoms with E-state index in [-0.39, 0.29) is 17.6 Å². The van der Waals surface area contributed by atoms with Gasteiger partial charge in [-0.2, -0.15) is 5.10 Å². The van der Waals surface area contributed by atoms with Gasteiger partial charge in [-0.05, 0) is 24.6 Å². The molecular formula is C15H17N3O4. The quantitative estimate of drug-likeness (QED) is 0.805. The summed E-state index contributed by atoms with van der Waals surface area (Å²) < 4.78 is 10.4. The lowest BCUT2D eigenvalue weighted by atomic mass is 9.85. The van der Waals surface area contributed by atoms with Gasteiger partial charge in [0.25, 0.3) is 0 Å². The van der Waals surface area contributed by atoms with Crippen LogP contribution in [0.2, 0.25) is 0 Å². The van der Waals surface area contributed by atoms with Crippen LogP contribution in [0.4, 0.5) is 5.82 Å². The van der Waals surface area contributed by atoms with Crippen molar-refractivity contribution in [3.05, 3.63) is 29.0 Å². The van der Waals surface area contributed by atoms with Crippen molar-refractivity contribution in [2.45, 2.75) is 19.3 Å². The van der Waals surface area contributed by atoms with Gasteiger partial charge in [0.1, 0.15) is 0 Å². The average Bonchev–Trinajstić information content (AvgIpc) is 2.88. The normalized spacial score (nSPS) is 16.9. The molecule has 22 heavy (non-hydrogen) atoms. The maximum atomic E-state index is 11.9. The van der Waals surface area contributed by atoms with Gasteiger partial charge >= 0.3 is 0 Å². The molecule has 116 valence electrons. The van der Waals surface area contributed by atoms with E-state index in [2.05, 4.69) is 15.5 Å². The topological polar surface area (TPSA) is 96.5 Å². The Hall–Kier alpha value is -2.70. The molecule has 0 spiro atoms. The predicted molar refractivity (Wildman–Crippen MR) is 79.6 cm³/mol. The summed E-state index contributed by atoms with van der Waals surface area (Å²) in [7, 11) is 2.95. The number of nitrogens with zero attached hydrogens (tertiary/aromatic N) is 1. The molecule has 7 nitrogen and oxygen atoms in total. The highest BCUT2D eigenvalue weighted by Crippen LogP contribution is 2.44. The minimum Gasteiger partial charge on any atom is -0.502 e. The van der Waals surface area contributed by atoms with Gasteiger partial charge in [-0.15, -0.1) is 0 Å². The van der Waals surface area contributed by atoms with Crippen LogP contribution in [0.1, 0.15) is 29.2 Å². The minimum absolute atomic E-state index is 0.0573. The Morgan fingerprint density at radius 1 is 1.27 bits per heavy atom. The minimum atomic E-state index is -0.175. The molecule has 0 aliphatic carbocycles. The van der Waals surface area contributed by atoms with Gasteiger partial charge in [-0.3, -0.25) is 9.89 Å². The van der Waals surface area contributed by atoms with Crippen molar-refractivity contribution in [1.82, 2.24) is 10.2 Å². The van der Waals surface area contributed by atoms with E-state index >= 15 is 0 Å². The lowest BCUT2D eigenvalue weighted by Crippen LogP contribution is -2.23. The number of ether oxygens (including phenoxy) is 2. The number of phenolic OH excluding ortho intramolecular Hbond substituents is 1. The number of aryl methyl sites for hydroxylation is 1. The number of phenols is 1. The molecule has 2 heterocycles. The zero-order chi connectivity index (χ0) is 15.9. The number of fused-ring (bicyclic) bond motifs is 1. The van der Waals surface area contributed by atoms with Gasteiger partial charge in [-0.25, -0.2) is 0 Å². The molecule has 2 aromatic rings. The number of aromatic nitrogens is 2. The van der Waals surface area contributed by atoms with Crippen LogP contribution in [-0.4, -0.2) is 35.4 Å². The van der Waals surface area contributed by atoms with Gasteiger partial charge in [-0.1, -0.05) is 0 Å². The monoisotopic (exact) mass is 303 g/mol. The highest BCUT2D eigenvalue weighted by atomic mass is 16.5. The van der Waals surface area contributed by atoms with E-state index < -0.39 is 0 Å². The number of amides is 1. The third-order valence-electron chi connectivity index (χ3n) is 3.89. The SMILES string of the molecule is COc1cc([C@@H]2CC(=O)Nc3n[nH]c(C)c32)cc(OC)c1O. The third kappa shape index (κ3) is 2.14. The molecule has 0 saturated heterocycles. The number of hydrogen-bond acceptors (Lipinski definition) is 5. The number of nitrogens with one attached hydrogen (secondary N) is 2. The van der Waals surface area contributed by atoms with Crippen molar-refractivity contribution in [3.63, 3.8) is 0 Å². The summed E-state index contributed by atoms with van der Waals surface area (Å²) in [6, 6.07) is 3.44. The summed E-state index contributed by atoms with van der Waals surface area (Å²) in [5.41, 5.74) is 2.66. The first-order valence-electron chi connectivity index (χ1n) is 6.84. The number of methoxy groups -OCH3 is 2. The molecule has 1 atom stereocenters. The molecule has 0 fully saturated rings. The van der Waals surface area contributed by atoms with Crippen LogP contribution >= 0.6 is 0 Å². The Kier molecular flexibility index (Phi) is 3.40. The maximum absolute atomic E-state index is 11.9. The van der Waals surface area contributed by atoms with E-state index in [1.165, 1.54) is 14.2 Å². The molecule has 1 aliphatic heterocycles. The Morgan fingerprint density at radius 3 is 2.50 bits per heavy atom. The third-order valence-corrected chi connectivity index (χ3v) is 3.89. The number of benzene rings is 1. The first-order valence-corrected chi connectivity index (χ1v) is 6.84. The van der Waals surface area contributed by atoms with Crippen molar-refractivity contribution in [3.8, 4) is 17.2 Å². The second kappa shape index (κ2) is 5.25. The Bertz CT molecular complexity index is 713. The van der Waals surface area contributed by atoms with Gasteiger partial charge in [0.2, 0.25) is 11.7 Å². The standard InChI is InChI=1S/C15H17N3O4/c1-7-13-9(6-12(19)16-15(13)18-17-7)8-4-10(21-2)14(20)11(5-8)22-3/h4-5,9,20H,6H2,1-3H3,(H2,16,17,18,19)/t9-/m0/s1. The van der Waals surface area contributed by atoms with Crippen LogP contribution in [0.3, 0.4) is 0 Å². The molecule has 1 aliphatic rings. The summed E-state index contributed by atoms with van der Waals surface area (Å²) in [5, 5.41) is 19.8. The molecule has 0 radical (unpaired) electrons. The van der Waals surface area contributed by atoms with Crippen LogP contribution in [0.25, 0.3) is 0 Å². The smallest absolute Gasteiger partial charge is 0.226 e. The van der Waals surface area contributed by atoms with E-state index in [4.69, 9.17) is 9.47 Å². The fourth-order valence-electron chi connectivity index (χ4n) is 2.83. The van der Waals surface area contributed by atoms with E-state index in [0.29, 0.717) is 23.7 Å². The number of rotatable bonds is 3. The molecule has 1 amide bonds. The molecule has 0 saturated carbocycles. The zero-order valence-electron chi connectivity index (χ0n) is 12.6. The fraction of sp³-hybridized carbons (Fsp3) is 0.333. The molecular weight excluding hydrogens is 286 g/mol. The van der Waals surface area contributed by atoms with Crippen molar-refractivity contribution >= 4 is 11.7 Å². The first-order chi connectivity index (χ1) is 10.5. The lowest BCUT2D eigenvalue weighted by molar-refractivity contribution is -0.116. The fourth-order valence-corrected chi connectivity index (χ4v) is 2.83. The first kappa shape index (κ1) is 14.2. The number of anilines is 1. The summed E-state index contributed by atoms with van der Waals surface area (Å²) in [6.45, 7) is 1.91. The highest BCUT2D eigenvalue weighted by molar-refractivity contribution is 5.94. The molecule has 0 bridgehead atoms. The van der Waals surface area contributed by atoms with Gasteiger partial charge in [0.15, 0.2) is 17.3 Å². The maximum Gasteiger partial charge on any atom is 0.226 e. The number of aromatic amines is 1. The Morgan fingerprint density at radius 2 is 1.91 bits per heavy atom. The van der Waals surface area contributed by atoms with Crippen LogP contribution in [0, 0.1) is 6.92 Å². The molecule has 0 unspecified atom stereocenters. The summed E-state index contributed by atoms with van der Waals surface area (Å²) in [4.78, 5) is 11.9. The number of hydrogen-bond donors (Lipinski definition) is 3. The predicted octanol–water partition coefficient (Wildman–Crippen LogP) is 1.92. The van der Waals surface area contributed by atoms with Gasteiger partial charge in [0.05, 0.1) is 14.2 Å². The average molecular weight is 303 g/mol. The summed E-state index contributed by atoms with van der Waals surface area (Å²) in [6.07, 6.45) is 0.296. The summed E-state index contributed by atoms with van der Waals surface area (Å²) >= 11 is 0. The Labute approximate surface area is 127 Å². The van der Waals surface area contributed by atoms with Crippen LogP contribution in [0.5, 0.6) is 17.2 Å². The van der Waals surface area contributed by atoms with E-state index in [1.54, 1.807) is 12.1 Å². The molecule has 3 N–H and O–H groups in total. The van der Waals surface area contributed by atoms with Crippen molar-refractivity contribution < 1.29 is 19.4 Å².